The van der Waals surface area contributed by atoms with Crippen LogP contribution in [0.1, 0.15) is 36.7 Å². The topological polar surface area (TPSA) is 92.6 Å². The fourth-order valence-electron chi connectivity index (χ4n) is 3.73. The Bertz CT molecular complexity index is 1160. The molecule has 0 spiro atoms. The lowest BCUT2D eigenvalue weighted by atomic mass is 9.96. The first-order chi connectivity index (χ1) is 16.0. The third-order valence-corrected chi connectivity index (χ3v) is 5.33. The average molecular weight is 444 g/mol. The zero-order valence-corrected chi connectivity index (χ0v) is 18.5. The van der Waals surface area contributed by atoms with E-state index in [4.69, 9.17) is 4.74 Å². The number of nitrogens with zero attached hydrogens (tertiary/aromatic N) is 3. The standard InChI is InChI=1S/C26H25N3O4/c1-17(2)16-33-21-8-6-19(7-9-21)24(30)22-23(18-10-13-27-14-11-18)29(26(32)25(22)31)15-20-5-3-4-12-28-20/h3-14,17,23,30H,15-16H2,1-2H3/b24-22+. The molecule has 33 heavy (non-hydrogen) atoms. The van der Waals surface area contributed by atoms with Crippen LogP contribution < -0.4 is 4.74 Å². The van der Waals surface area contributed by atoms with Crippen LogP contribution in [0.3, 0.4) is 0 Å². The van der Waals surface area contributed by atoms with Gasteiger partial charge in [0.25, 0.3) is 11.7 Å². The summed E-state index contributed by atoms with van der Waals surface area (Å²) in [7, 11) is 0. The summed E-state index contributed by atoms with van der Waals surface area (Å²) in [6, 6.07) is 14.9. The first-order valence-corrected chi connectivity index (χ1v) is 10.8. The van der Waals surface area contributed by atoms with Crippen molar-refractivity contribution in [2.75, 3.05) is 6.61 Å². The number of carbonyl (C=O) groups excluding carboxylic acids is 2. The van der Waals surface area contributed by atoms with Gasteiger partial charge in [0, 0.05) is 24.2 Å². The smallest absolute Gasteiger partial charge is 0.296 e. The predicted octanol–water partition coefficient (Wildman–Crippen LogP) is 4.13. The van der Waals surface area contributed by atoms with Crippen LogP contribution in [-0.4, -0.2) is 38.3 Å². The maximum absolute atomic E-state index is 13.1. The van der Waals surface area contributed by atoms with E-state index >= 15 is 0 Å². The molecule has 1 N–H and O–H groups in total. The van der Waals surface area contributed by atoms with Crippen LogP contribution in [0.2, 0.25) is 0 Å². The van der Waals surface area contributed by atoms with Crippen LogP contribution in [0.15, 0.2) is 78.8 Å². The molecule has 0 saturated carbocycles. The van der Waals surface area contributed by atoms with Crippen LogP contribution in [-0.2, 0) is 16.1 Å². The number of aliphatic hydroxyl groups is 1. The minimum absolute atomic E-state index is 0.0398. The van der Waals surface area contributed by atoms with E-state index in [-0.39, 0.29) is 17.9 Å². The van der Waals surface area contributed by atoms with Gasteiger partial charge < -0.3 is 14.7 Å². The summed E-state index contributed by atoms with van der Waals surface area (Å²) in [4.78, 5) is 35.9. The lowest BCUT2D eigenvalue weighted by Gasteiger charge is -2.25. The van der Waals surface area contributed by atoms with E-state index in [1.807, 2.05) is 6.07 Å². The lowest BCUT2D eigenvalue weighted by Crippen LogP contribution is -2.29. The molecule has 3 heterocycles. The highest BCUT2D eigenvalue weighted by molar-refractivity contribution is 6.46. The Morgan fingerprint density at radius 3 is 2.39 bits per heavy atom. The van der Waals surface area contributed by atoms with Gasteiger partial charge >= 0.3 is 0 Å². The minimum Gasteiger partial charge on any atom is -0.507 e. The van der Waals surface area contributed by atoms with Crippen molar-refractivity contribution in [3.05, 3.63) is 95.6 Å². The number of likely N-dealkylation sites (tertiary alicyclic amines) is 1. The highest BCUT2D eigenvalue weighted by atomic mass is 16.5. The van der Waals surface area contributed by atoms with E-state index in [0.717, 1.165) is 0 Å². The number of aliphatic hydroxyl groups excluding tert-OH is 1. The molecule has 1 unspecified atom stereocenters. The molecular weight excluding hydrogens is 418 g/mol. The van der Waals surface area contributed by atoms with Crippen molar-refractivity contribution in [1.29, 1.82) is 0 Å². The Morgan fingerprint density at radius 2 is 1.76 bits per heavy atom. The Hall–Kier alpha value is -4.00. The van der Waals surface area contributed by atoms with Crippen molar-refractivity contribution in [2.24, 2.45) is 5.92 Å². The van der Waals surface area contributed by atoms with Gasteiger partial charge in [-0.1, -0.05) is 19.9 Å². The fourth-order valence-corrected chi connectivity index (χ4v) is 3.73. The maximum Gasteiger partial charge on any atom is 0.296 e. The summed E-state index contributed by atoms with van der Waals surface area (Å²) < 4.78 is 5.70. The lowest BCUT2D eigenvalue weighted by molar-refractivity contribution is -0.140. The molecule has 7 nitrogen and oxygen atoms in total. The summed E-state index contributed by atoms with van der Waals surface area (Å²) in [5, 5.41) is 11.1. The first kappa shape index (κ1) is 22.2. The number of aromatic nitrogens is 2. The molecule has 1 fully saturated rings. The quantitative estimate of drug-likeness (QED) is 0.335. The van der Waals surface area contributed by atoms with Crippen molar-refractivity contribution in [2.45, 2.75) is 26.4 Å². The molecule has 4 rings (SSSR count). The Morgan fingerprint density at radius 1 is 1.03 bits per heavy atom. The molecular formula is C26H25N3O4. The van der Waals surface area contributed by atoms with Gasteiger partial charge in [-0.15, -0.1) is 0 Å². The SMILES string of the molecule is CC(C)COc1ccc(/C(O)=C2\C(=O)C(=O)N(Cc3ccccn3)C2c2ccncc2)cc1. The van der Waals surface area contributed by atoms with Crippen LogP contribution >= 0.6 is 0 Å². The molecule has 1 aliphatic rings. The number of ether oxygens (including phenoxy) is 1. The maximum atomic E-state index is 13.1. The highest BCUT2D eigenvalue weighted by Crippen LogP contribution is 2.40. The van der Waals surface area contributed by atoms with Gasteiger partial charge in [-0.05, 0) is 60.0 Å². The molecule has 168 valence electrons. The van der Waals surface area contributed by atoms with Crippen molar-refractivity contribution in [3.63, 3.8) is 0 Å². The molecule has 3 aromatic rings. The van der Waals surface area contributed by atoms with Gasteiger partial charge in [0.2, 0.25) is 0 Å². The second-order valence-corrected chi connectivity index (χ2v) is 8.26. The minimum atomic E-state index is -0.758. The van der Waals surface area contributed by atoms with E-state index in [1.165, 1.54) is 4.90 Å². The third kappa shape index (κ3) is 4.77. The Kier molecular flexibility index (Phi) is 6.49. The van der Waals surface area contributed by atoms with Crippen LogP contribution in [0.25, 0.3) is 5.76 Å². The van der Waals surface area contributed by atoms with Crippen molar-refractivity contribution in [1.82, 2.24) is 14.9 Å². The monoisotopic (exact) mass is 443 g/mol. The van der Waals surface area contributed by atoms with E-state index in [2.05, 4.69) is 23.8 Å². The van der Waals surface area contributed by atoms with Gasteiger partial charge in [-0.25, -0.2) is 0 Å². The number of rotatable bonds is 7. The van der Waals surface area contributed by atoms with E-state index < -0.39 is 17.7 Å². The number of Topliss-reactive ketones (excluding diaryl/α,β-unsaturated/α-hetero) is 1. The zero-order valence-electron chi connectivity index (χ0n) is 18.5. The largest absolute Gasteiger partial charge is 0.507 e. The molecule has 7 heteroatoms. The zero-order chi connectivity index (χ0) is 23.4. The van der Waals surface area contributed by atoms with Gasteiger partial charge in [-0.2, -0.15) is 0 Å². The molecule has 1 atom stereocenters. The summed E-state index contributed by atoms with van der Waals surface area (Å²) in [5.74, 6) is -0.588. The summed E-state index contributed by atoms with van der Waals surface area (Å²) in [6.07, 6.45) is 4.82. The Labute approximate surface area is 192 Å². The normalized spacial score (nSPS) is 17.5. The Balaban J connectivity index is 1.74. The van der Waals surface area contributed by atoms with E-state index in [1.54, 1.807) is 67.1 Å². The number of hydrogen-bond acceptors (Lipinski definition) is 6. The van der Waals surface area contributed by atoms with Crippen LogP contribution in [0, 0.1) is 5.92 Å². The van der Waals surface area contributed by atoms with Crippen LogP contribution in [0.4, 0.5) is 0 Å². The van der Waals surface area contributed by atoms with Crippen molar-refractivity contribution < 1.29 is 19.4 Å². The first-order valence-electron chi connectivity index (χ1n) is 10.8. The summed E-state index contributed by atoms with van der Waals surface area (Å²) in [6.45, 7) is 4.83. The van der Waals surface area contributed by atoms with Gasteiger partial charge in [-0.3, -0.25) is 19.6 Å². The van der Waals surface area contributed by atoms with Gasteiger partial charge in [0.1, 0.15) is 11.5 Å². The summed E-state index contributed by atoms with van der Waals surface area (Å²) >= 11 is 0. The highest BCUT2D eigenvalue weighted by Gasteiger charge is 2.46. The van der Waals surface area contributed by atoms with E-state index in [0.29, 0.717) is 35.1 Å². The average Bonchev–Trinajstić information content (AvgIpc) is 3.09. The second kappa shape index (κ2) is 9.65. The number of pyridine rings is 2. The molecule has 0 bridgehead atoms. The molecule has 1 aromatic carbocycles. The predicted molar refractivity (Wildman–Crippen MR) is 123 cm³/mol. The van der Waals surface area contributed by atoms with E-state index in [9.17, 15) is 14.7 Å². The molecule has 1 amide bonds. The fraction of sp³-hybridized carbons (Fsp3) is 0.231. The number of amides is 1. The van der Waals surface area contributed by atoms with Gasteiger partial charge in [0.05, 0.1) is 30.5 Å². The number of ketones is 1. The third-order valence-electron chi connectivity index (χ3n) is 5.33. The molecule has 1 aliphatic heterocycles. The molecule has 2 aromatic heterocycles. The van der Waals surface area contributed by atoms with Crippen molar-refractivity contribution >= 4 is 17.4 Å². The van der Waals surface area contributed by atoms with Gasteiger partial charge in [0.15, 0.2) is 0 Å². The number of benzene rings is 1. The number of hydrogen-bond donors (Lipinski definition) is 1. The second-order valence-electron chi connectivity index (χ2n) is 8.26. The molecule has 0 radical (unpaired) electrons. The molecule has 1 saturated heterocycles. The van der Waals surface area contributed by atoms with Crippen molar-refractivity contribution in [3.8, 4) is 5.75 Å². The molecule has 0 aliphatic carbocycles. The summed E-state index contributed by atoms with van der Waals surface area (Å²) in [5.41, 5.74) is 1.79. The van der Waals surface area contributed by atoms with Crippen LogP contribution in [0.5, 0.6) is 5.75 Å². The number of carbonyl (C=O) groups is 2.